The summed E-state index contributed by atoms with van der Waals surface area (Å²) in [6.07, 6.45) is -0.0357. The zero-order valence-electron chi connectivity index (χ0n) is 11.8. The van der Waals surface area contributed by atoms with Crippen LogP contribution in [-0.4, -0.2) is 50.0 Å². The maximum atomic E-state index is 12.2. The first-order chi connectivity index (χ1) is 9.94. The Hall–Kier alpha value is -1.20. The number of amides is 2. The molecule has 0 spiro atoms. The Bertz CT molecular complexity index is 641. The first-order valence-electron chi connectivity index (χ1n) is 6.69. The zero-order valence-corrected chi connectivity index (χ0v) is 13.5. The van der Waals surface area contributed by atoms with Crippen molar-refractivity contribution in [2.75, 3.05) is 11.5 Å². The molecule has 0 saturated heterocycles. The van der Waals surface area contributed by atoms with Crippen LogP contribution in [0.15, 0.2) is 0 Å². The van der Waals surface area contributed by atoms with Crippen molar-refractivity contribution in [2.24, 2.45) is 23.3 Å². The summed E-state index contributed by atoms with van der Waals surface area (Å²) >= 11 is 0. The number of sulfone groups is 1. The van der Waals surface area contributed by atoms with Gasteiger partial charge >= 0.3 is 0 Å². The summed E-state index contributed by atoms with van der Waals surface area (Å²) in [5.41, 5.74) is 10.4. The van der Waals surface area contributed by atoms with E-state index in [-0.39, 0.29) is 25.7 Å². The Labute approximate surface area is 129 Å². The van der Waals surface area contributed by atoms with Gasteiger partial charge in [-0.25, -0.2) is 8.42 Å². The van der Waals surface area contributed by atoms with Gasteiger partial charge in [0.2, 0.25) is 11.8 Å². The average Bonchev–Trinajstić information content (AvgIpc) is 2.35. The van der Waals surface area contributed by atoms with Crippen LogP contribution in [0.4, 0.5) is 0 Å². The lowest BCUT2D eigenvalue weighted by atomic mass is 9.78. The number of nitrogens with two attached hydrogens (primary N) is 2. The molecule has 1 rings (SSSR count). The van der Waals surface area contributed by atoms with Crippen LogP contribution >= 0.6 is 0 Å². The van der Waals surface area contributed by atoms with E-state index in [2.05, 4.69) is 0 Å². The minimum Gasteiger partial charge on any atom is -0.369 e. The van der Waals surface area contributed by atoms with Crippen molar-refractivity contribution in [2.45, 2.75) is 30.9 Å². The molecule has 0 bridgehead atoms. The molecule has 1 aliphatic carbocycles. The molecular formula is C11H20N2O7S2. The lowest BCUT2D eigenvalue weighted by Gasteiger charge is -2.32. The van der Waals surface area contributed by atoms with Crippen LogP contribution in [0.5, 0.6) is 0 Å². The molecule has 1 fully saturated rings. The highest BCUT2D eigenvalue weighted by Crippen LogP contribution is 2.33. The Morgan fingerprint density at radius 3 is 1.95 bits per heavy atom. The highest BCUT2D eigenvalue weighted by Gasteiger charge is 2.41. The average molecular weight is 356 g/mol. The molecule has 0 aliphatic heterocycles. The fourth-order valence-corrected chi connectivity index (χ4v) is 5.29. The predicted molar refractivity (Wildman–Crippen MR) is 77.8 cm³/mol. The van der Waals surface area contributed by atoms with E-state index in [1.54, 1.807) is 0 Å². The Kier molecular flexibility index (Phi) is 5.93. The first-order valence-corrected chi connectivity index (χ1v) is 10.0. The molecule has 0 aromatic heterocycles. The van der Waals surface area contributed by atoms with Crippen molar-refractivity contribution in [3.63, 3.8) is 0 Å². The van der Waals surface area contributed by atoms with Gasteiger partial charge in [-0.05, 0) is 25.7 Å². The molecule has 22 heavy (non-hydrogen) atoms. The van der Waals surface area contributed by atoms with E-state index in [9.17, 15) is 26.4 Å². The van der Waals surface area contributed by atoms with Crippen molar-refractivity contribution in [1.82, 2.24) is 0 Å². The standard InChI is InChI=1S/C11H20N2O7S2/c12-10(14)8-3-2-7(6-9(8)11(13)15)21(16,17)4-1-5-22(18,19)20/h7-9H,1-6H2,(H2,12,14)(H2,13,15)(H,18,19,20). The summed E-state index contributed by atoms with van der Waals surface area (Å²) < 4.78 is 54.1. The number of carbonyl (C=O) groups excluding carboxylic acids is 2. The van der Waals surface area contributed by atoms with E-state index in [0.29, 0.717) is 0 Å². The smallest absolute Gasteiger partial charge is 0.264 e. The van der Waals surface area contributed by atoms with E-state index < -0.39 is 60.4 Å². The Morgan fingerprint density at radius 1 is 0.955 bits per heavy atom. The highest BCUT2D eigenvalue weighted by molar-refractivity contribution is 7.92. The SMILES string of the molecule is NC(=O)C1CCC(S(=O)(=O)CCCS(=O)(=O)O)CC1C(N)=O. The molecule has 0 radical (unpaired) electrons. The van der Waals surface area contributed by atoms with Crippen LogP contribution in [0.25, 0.3) is 0 Å². The minimum absolute atomic E-state index is 0.100. The number of carbonyl (C=O) groups is 2. The maximum Gasteiger partial charge on any atom is 0.264 e. The largest absolute Gasteiger partial charge is 0.369 e. The van der Waals surface area contributed by atoms with Gasteiger partial charge in [0, 0.05) is 5.92 Å². The van der Waals surface area contributed by atoms with E-state index in [4.69, 9.17) is 16.0 Å². The summed E-state index contributed by atoms with van der Waals surface area (Å²) in [6.45, 7) is 0. The predicted octanol–water partition coefficient (Wildman–Crippen LogP) is -1.57. The molecule has 9 nitrogen and oxygen atoms in total. The molecule has 2 amide bonds. The second-order valence-corrected chi connectivity index (χ2v) is 9.43. The fraction of sp³-hybridized carbons (Fsp3) is 0.818. The van der Waals surface area contributed by atoms with E-state index in [0.717, 1.165) is 0 Å². The van der Waals surface area contributed by atoms with E-state index in [1.165, 1.54) is 0 Å². The maximum absolute atomic E-state index is 12.2. The molecule has 1 aliphatic rings. The summed E-state index contributed by atoms with van der Waals surface area (Å²) in [5.74, 6) is -4.26. The van der Waals surface area contributed by atoms with Gasteiger partial charge in [-0.2, -0.15) is 8.42 Å². The molecule has 0 heterocycles. The van der Waals surface area contributed by atoms with Gasteiger partial charge in [0.15, 0.2) is 9.84 Å². The van der Waals surface area contributed by atoms with Gasteiger partial charge in [0.05, 0.1) is 22.7 Å². The highest BCUT2D eigenvalue weighted by atomic mass is 32.2. The van der Waals surface area contributed by atoms with Crippen LogP contribution in [-0.2, 0) is 29.5 Å². The van der Waals surface area contributed by atoms with Crippen LogP contribution in [0.3, 0.4) is 0 Å². The van der Waals surface area contributed by atoms with Gasteiger partial charge in [0.25, 0.3) is 10.1 Å². The lowest BCUT2D eigenvalue weighted by Crippen LogP contribution is -2.45. The zero-order chi connectivity index (χ0) is 17.1. The topological polar surface area (TPSA) is 175 Å². The van der Waals surface area contributed by atoms with Gasteiger partial charge < -0.3 is 11.5 Å². The van der Waals surface area contributed by atoms with Gasteiger partial charge in [-0.1, -0.05) is 0 Å². The van der Waals surface area contributed by atoms with Crippen molar-refractivity contribution in [3.05, 3.63) is 0 Å². The molecule has 0 aromatic carbocycles. The Morgan fingerprint density at radius 2 is 1.50 bits per heavy atom. The van der Waals surface area contributed by atoms with E-state index in [1.807, 2.05) is 0 Å². The van der Waals surface area contributed by atoms with E-state index >= 15 is 0 Å². The van der Waals surface area contributed by atoms with Gasteiger partial charge in [0.1, 0.15) is 0 Å². The first kappa shape index (κ1) is 18.8. The molecule has 1 saturated carbocycles. The summed E-state index contributed by atoms with van der Waals surface area (Å²) in [7, 11) is -7.88. The third-order valence-electron chi connectivity index (χ3n) is 3.87. The van der Waals surface area contributed by atoms with Crippen LogP contribution in [0.1, 0.15) is 25.7 Å². The second-order valence-electron chi connectivity index (χ2n) is 5.46. The lowest BCUT2D eigenvalue weighted by molar-refractivity contribution is -0.132. The molecule has 3 unspecified atom stereocenters. The van der Waals surface area contributed by atoms with Gasteiger partial charge in [-0.15, -0.1) is 0 Å². The summed E-state index contributed by atoms with van der Waals surface area (Å²) in [5, 5.41) is -0.873. The van der Waals surface area contributed by atoms with Gasteiger partial charge in [-0.3, -0.25) is 14.1 Å². The Balaban J connectivity index is 2.76. The van der Waals surface area contributed by atoms with Crippen molar-refractivity contribution in [3.8, 4) is 0 Å². The third-order valence-corrected chi connectivity index (χ3v) is 6.98. The summed E-state index contributed by atoms with van der Waals surface area (Å²) in [6, 6.07) is 0. The summed E-state index contributed by atoms with van der Waals surface area (Å²) in [4.78, 5) is 22.7. The number of primary amides is 2. The fourth-order valence-electron chi connectivity index (χ4n) is 2.72. The van der Waals surface area contributed by atoms with Crippen molar-refractivity contribution in [1.29, 1.82) is 0 Å². The van der Waals surface area contributed by atoms with Crippen LogP contribution in [0.2, 0.25) is 0 Å². The molecule has 0 aromatic rings. The number of hydrogen-bond acceptors (Lipinski definition) is 6. The molecular weight excluding hydrogens is 336 g/mol. The third kappa shape index (κ3) is 5.21. The number of rotatable bonds is 7. The monoisotopic (exact) mass is 356 g/mol. The molecule has 11 heteroatoms. The van der Waals surface area contributed by atoms with Crippen molar-refractivity contribution < 1.29 is 31.0 Å². The number of hydrogen-bond donors (Lipinski definition) is 3. The normalized spacial score (nSPS) is 26.5. The second kappa shape index (κ2) is 6.92. The molecule has 3 atom stereocenters. The minimum atomic E-state index is -4.22. The quantitative estimate of drug-likeness (QED) is 0.462. The molecule has 128 valence electrons. The van der Waals surface area contributed by atoms with Crippen LogP contribution in [0, 0.1) is 11.8 Å². The van der Waals surface area contributed by atoms with Crippen LogP contribution < -0.4 is 11.5 Å². The molecule has 5 N–H and O–H groups in total. The van der Waals surface area contributed by atoms with Crippen molar-refractivity contribution >= 4 is 31.8 Å².